The van der Waals surface area contributed by atoms with Gasteiger partial charge in [0.25, 0.3) is 0 Å². The summed E-state index contributed by atoms with van der Waals surface area (Å²) in [7, 11) is 0. The van der Waals surface area contributed by atoms with Crippen LogP contribution in [0.1, 0.15) is 22.3 Å². The van der Waals surface area contributed by atoms with Gasteiger partial charge in [-0.05, 0) is 62.1 Å². The maximum Gasteiger partial charge on any atom is 0.317 e. The molecule has 1 N–H and O–H groups in total. The van der Waals surface area contributed by atoms with Crippen molar-refractivity contribution in [3.63, 3.8) is 0 Å². The molecule has 0 saturated carbocycles. The zero-order valence-corrected chi connectivity index (χ0v) is 17.4. The van der Waals surface area contributed by atoms with E-state index in [1.807, 2.05) is 11.8 Å². The van der Waals surface area contributed by atoms with E-state index >= 15 is 0 Å². The van der Waals surface area contributed by atoms with Crippen LogP contribution in [0.15, 0.2) is 36.4 Å². The minimum absolute atomic E-state index is 0.00909. The molecule has 1 saturated heterocycles. The minimum atomic E-state index is -0.00909. The van der Waals surface area contributed by atoms with Crippen LogP contribution in [0.25, 0.3) is 0 Å². The lowest BCUT2D eigenvalue weighted by atomic mass is 10.1. The highest BCUT2D eigenvalue weighted by Crippen LogP contribution is 2.25. The molecule has 150 valence electrons. The smallest absolute Gasteiger partial charge is 0.317 e. The van der Waals surface area contributed by atoms with Gasteiger partial charge in [-0.1, -0.05) is 24.3 Å². The van der Waals surface area contributed by atoms with E-state index in [9.17, 15) is 4.79 Å². The Morgan fingerprint density at radius 2 is 1.71 bits per heavy atom. The van der Waals surface area contributed by atoms with Gasteiger partial charge in [0.15, 0.2) is 0 Å². The zero-order valence-electron chi connectivity index (χ0n) is 17.4. The normalized spacial score (nSPS) is 14.1. The highest BCUT2D eigenvalue weighted by atomic mass is 16.5. The number of carbonyl (C=O) groups excluding carboxylic acids is 1. The van der Waals surface area contributed by atoms with Crippen LogP contribution >= 0.6 is 0 Å². The summed E-state index contributed by atoms with van der Waals surface area (Å²) < 4.78 is 5.93. The van der Waals surface area contributed by atoms with Crippen molar-refractivity contribution in [1.82, 2.24) is 10.2 Å². The van der Waals surface area contributed by atoms with E-state index in [4.69, 9.17) is 4.74 Å². The van der Waals surface area contributed by atoms with Gasteiger partial charge < -0.3 is 19.9 Å². The second-order valence-electron chi connectivity index (χ2n) is 7.55. The van der Waals surface area contributed by atoms with E-state index < -0.39 is 0 Å². The number of hydrogen-bond acceptors (Lipinski definition) is 3. The van der Waals surface area contributed by atoms with Crippen LogP contribution in [-0.4, -0.2) is 50.3 Å². The van der Waals surface area contributed by atoms with Gasteiger partial charge in [0, 0.05) is 31.9 Å². The highest BCUT2D eigenvalue weighted by molar-refractivity contribution is 5.74. The van der Waals surface area contributed by atoms with Gasteiger partial charge in [-0.3, -0.25) is 0 Å². The summed E-state index contributed by atoms with van der Waals surface area (Å²) in [6.45, 7) is 12.5. The molecule has 0 aromatic heterocycles. The summed E-state index contributed by atoms with van der Waals surface area (Å²) in [6.07, 6.45) is 0. The molecule has 1 aliphatic heterocycles. The maximum absolute atomic E-state index is 12.4. The number of anilines is 1. The van der Waals surface area contributed by atoms with E-state index in [0.29, 0.717) is 13.2 Å². The molecule has 28 heavy (non-hydrogen) atoms. The molecule has 0 atom stereocenters. The van der Waals surface area contributed by atoms with Crippen molar-refractivity contribution < 1.29 is 9.53 Å². The van der Waals surface area contributed by atoms with Crippen LogP contribution in [0, 0.1) is 27.7 Å². The Kier molecular flexibility index (Phi) is 6.45. The molecular formula is C23H31N3O2. The first-order valence-corrected chi connectivity index (χ1v) is 9.99. The summed E-state index contributed by atoms with van der Waals surface area (Å²) in [6, 6.07) is 12.7. The minimum Gasteiger partial charge on any atom is -0.491 e. The third kappa shape index (κ3) is 4.77. The predicted molar refractivity (Wildman–Crippen MR) is 115 cm³/mol. The number of urea groups is 1. The first-order chi connectivity index (χ1) is 13.5. The van der Waals surface area contributed by atoms with Crippen LogP contribution < -0.4 is 15.0 Å². The molecular weight excluding hydrogens is 350 g/mol. The Hall–Kier alpha value is -2.69. The lowest BCUT2D eigenvalue weighted by Gasteiger charge is -2.36. The number of piperazine rings is 1. The molecule has 0 radical (unpaired) electrons. The van der Waals surface area contributed by atoms with Gasteiger partial charge in [-0.25, -0.2) is 4.79 Å². The number of nitrogens with zero attached hydrogens (tertiary/aromatic N) is 2. The number of carbonyl (C=O) groups is 1. The van der Waals surface area contributed by atoms with Crippen LogP contribution in [0.4, 0.5) is 10.5 Å². The van der Waals surface area contributed by atoms with Gasteiger partial charge in [-0.2, -0.15) is 0 Å². The van der Waals surface area contributed by atoms with Gasteiger partial charge in [0.05, 0.1) is 6.54 Å². The summed E-state index contributed by atoms with van der Waals surface area (Å²) in [4.78, 5) is 16.7. The van der Waals surface area contributed by atoms with Crippen molar-refractivity contribution >= 4 is 11.7 Å². The average molecular weight is 382 g/mol. The standard InChI is InChI=1S/C23H31N3O2/c1-17-6-5-7-21(16-17)25-11-13-26(14-12-25)23(27)24-10-15-28-22-19(3)9-8-18(2)20(22)4/h5-9,16H,10-15H2,1-4H3,(H,24,27). The van der Waals surface area contributed by atoms with Crippen molar-refractivity contribution in [2.24, 2.45) is 0 Å². The maximum atomic E-state index is 12.4. The lowest BCUT2D eigenvalue weighted by Crippen LogP contribution is -2.52. The molecule has 0 bridgehead atoms. The predicted octanol–water partition coefficient (Wildman–Crippen LogP) is 3.83. The number of nitrogens with one attached hydrogen (secondary N) is 1. The molecule has 2 aromatic rings. The first kappa shape index (κ1) is 20.1. The second-order valence-corrected chi connectivity index (χ2v) is 7.55. The Balaban J connectivity index is 1.42. The van der Waals surface area contributed by atoms with E-state index in [2.05, 4.69) is 67.4 Å². The molecule has 3 rings (SSSR count). The summed E-state index contributed by atoms with van der Waals surface area (Å²) >= 11 is 0. The fraction of sp³-hybridized carbons (Fsp3) is 0.435. The van der Waals surface area contributed by atoms with Crippen molar-refractivity contribution in [2.75, 3.05) is 44.2 Å². The van der Waals surface area contributed by atoms with E-state index in [1.54, 1.807) is 0 Å². The summed E-state index contributed by atoms with van der Waals surface area (Å²) in [5.41, 5.74) is 6.01. The molecule has 0 unspecified atom stereocenters. The van der Waals surface area contributed by atoms with Crippen molar-refractivity contribution in [3.8, 4) is 5.75 Å². The largest absolute Gasteiger partial charge is 0.491 e. The first-order valence-electron chi connectivity index (χ1n) is 9.99. The van der Waals surface area contributed by atoms with Crippen LogP contribution in [0.5, 0.6) is 5.75 Å². The number of rotatable bonds is 5. The number of ether oxygens (including phenoxy) is 1. The van der Waals surface area contributed by atoms with Gasteiger partial charge in [0.2, 0.25) is 0 Å². The average Bonchev–Trinajstić information content (AvgIpc) is 2.70. The number of benzene rings is 2. The Bertz CT molecular complexity index is 827. The fourth-order valence-electron chi connectivity index (χ4n) is 3.56. The molecule has 0 spiro atoms. The SMILES string of the molecule is Cc1cccc(N2CCN(C(=O)NCCOc3c(C)ccc(C)c3C)CC2)c1. The van der Waals surface area contributed by atoms with Crippen LogP contribution in [0.3, 0.4) is 0 Å². The molecule has 2 aromatic carbocycles. The number of amides is 2. The van der Waals surface area contributed by atoms with Crippen molar-refractivity contribution in [3.05, 3.63) is 58.7 Å². The molecule has 1 fully saturated rings. The van der Waals surface area contributed by atoms with Gasteiger partial charge in [0.1, 0.15) is 12.4 Å². The van der Waals surface area contributed by atoms with E-state index in [0.717, 1.165) is 37.5 Å². The lowest BCUT2D eigenvalue weighted by molar-refractivity contribution is 0.191. The van der Waals surface area contributed by atoms with Crippen molar-refractivity contribution in [1.29, 1.82) is 0 Å². The van der Waals surface area contributed by atoms with Crippen LogP contribution in [0.2, 0.25) is 0 Å². The Morgan fingerprint density at radius 1 is 1.00 bits per heavy atom. The molecule has 2 amide bonds. The zero-order chi connectivity index (χ0) is 20.1. The van der Waals surface area contributed by atoms with Gasteiger partial charge in [-0.15, -0.1) is 0 Å². The van der Waals surface area contributed by atoms with Gasteiger partial charge >= 0.3 is 6.03 Å². The fourth-order valence-corrected chi connectivity index (χ4v) is 3.56. The third-order valence-electron chi connectivity index (χ3n) is 5.43. The molecule has 5 nitrogen and oxygen atoms in total. The molecule has 0 aliphatic carbocycles. The Morgan fingerprint density at radius 3 is 2.43 bits per heavy atom. The molecule has 1 heterocycles. The number of hydrogen-bond donors (Lipinski definition) is 1. The second kappa shape index (κ2) is 9.00. The highest BCUT2D eigenvalue weighted by Gasteiger charge is 2.21. The summed E-state index contributed by atoms with van der Waals surface area (Å²) in [5.74, 6) is 0.931. The monoisotopic (exact) mass is 381 g/mol. The van der Waals surface area contributed by atoms with E-state index in [1.165, 1.54) is 22.4 Å². The molecule has 5 heteroatoms. The number of aryl methyl sites for hydroxylation is 3. The Labute approximate surface area is 168 Å². The quantitative estimate of drug-likeness (QED) is 0.801. The topological polar surface area (TPSA) is 44.8 Å². The molecule has 1 aliphatic rings. The van der Waals surface area contributed by atoms with Crippen molar-refractivity contribution in [2.45, 2.75) is 27.7 Å². The van der Waals surface area contributed by atoms with Crippen LogP contribution in [-0.2, 0) is 0 Å². The third-order valence-corrected chi connectivity index (χ3v) is 5.43. The van der Waals surface area contributed by atoms with E-state index in [-0.39, 0.29) is 6.03 Å². The summed E-state index contributed by atoms with van der Waals surface area (Å²) in [5, 5.41) is 2.98.